The number of rotatable bonds is 5. The Balaban J connectivity index is 1.45. The fourth-order valence-corrected chi connectivity index (χ4v) is 4.14. The van der Waals surface area contributed by atoms with E-state index >= 15 is 0 Å². The van der Waals surface area contributed by atoms with Gasteiger partial charge in [0.2, 0.25) is 5.88 Å². The molecule has 3 rings (SSSR count). The van der Waals surface area contributed by atoms with E-state index in [-0.39, 0.29) is 24.1 Å². The van der Waals surface area contributed by atoms with Crippen molar-refractivity contribution in [3.05, 3.63) is 23.9 Å². The van der Waals surface area contributed by atoms with Crippen LogP contribution in [0.1, 0.15) is 36.5 Å². The van der Waals surface area contributed by atoms with Gasteiger partial charge in [0.1, 0.15) is 6.10 Å². The van der Waals surface area contributed by atoms with E-state index in [2.05, 4.69) is 10.3 Å². The van der Waals surface area contributed by atoms with Gasteiger partial charge >= 0.3 is 6.09 Å². The molecule has 2 fully saturated rings. The molecule has 0 aliphatic carbocycles. The Kier molecular flexibility index (Phi) is 6.60. The number of hydrogen-bond acceptors (Lipinski definition) is 6. The first-order valence-corrected chi connectivity index (χ1v) is 10.2. The summed E-state index contributed by atoms with van der Waals surface area (Å²) in [4.78, 5) is 30.0. The molecule has 2 aliphatic heterocycles. The number of nitrogens with one attached hydrogen (secondary N) is 1. The number of hydrogen-bond donors (Lipinski definition) is 1. The number of carbonyl (C=O) groups excluding carboxylic acids is 2. The van der Waals surface area contributed by atoms with Crippen LogP contribution in [0.5, 0.6) is 5.88 Å². The monoisotopic (exact) mass is 379 g/mol. The molecule has 0 unspecified atom stereocenters. The SMILES string of the molecule is CCOC(=O)N1CCC(NC(=O)c2ccc(O[C@@H]3CCSC3)nc2)CC1. The number of thioether (sulfide) groups is 1. The Morgan fingerprint density at radius 2 is 2.12 bits per heavy atom. The molecule has 8 heteroatoms. The van der Waals surface area contributed by atoms with Gasteiger partial charge in [0.05, 0.1) is 12.2 Å². The first-order valence-electron chi connectivity index (χ1n) is 9.08. The molecule has 0 aromatic carbocycles. The molecule has 0 spiro atoms. The van der Waals surface area contributed by atoms with Gasteiger partial charge in [0.15, 0.2) is 0 Å². The first-order chi connectivity index (χ1) is 12.7. The summed E-state index contributed by atoms with van der Waals surface area (Å²) in [6.07, 6.45) is 3.98. The molecule has 142 valence electrons. The zero-order valence-electron chi connectivity index (χ0n) is 15.0. The molecule has 7 nitrogen and oxygen atoms in total. The van der Waals surface area contributed by atoms with Crippen molar-refractivity contribution in [1.29, 1.82) is 0 Å². The van der Waals surface area contributed by atoms with Crippen LogP contribution >= 0.6 is 11.8 Å². The standard InChI is InChI=1S/C18H25N3O4S/c1-2-24-18(23)21-8-5-14(6-9-21)20-17(22)13-3-4-16(19-11-13)25-15-7-10-26-12-15/h3-4,11,14-15H,2,5-10,12H2,1H3,(H,20,22)/t15-/m1/s1. The average molecular weight is 379 g/mol. The second-order valence-electron chi connectivity index (χ2n) is 6.42. The van der Waals surface area contributed by atoms with Gasteiger partial charge in [-0.1, -0.05) is 0 Å². The number of piperidine rings is 1. The minimum Gasteiger partial charge on any atom is -0.473 e. The van der Waals surface area contributed by atoms with Crippen LogP contribution in [0.4, 0.5) is 4.79 Å². The largest absolute Gasteiger partial charge is 0.473 e. The van der Waals surface area contributed by atoms with Crippen molar-refractivity contribution in [2.75, 3.05) is 31.2 Å². The molecule has 0 radical (unpaired) electrons. The maximum Gasteiger partial charge on any atom is 0.409 e. The summed E-state index contributed by atoms with van der Waals surface area (Å²) in [5.41, 5.74) is 0.519. The van der Waals surface area contributed by atoms with Crippen LogP contribution < -0.4 is 10.1 Å². The highest BCUT2D eigenvalue weighted by Gasteiger charge is 2.25. The lowest BCUT2D eigenvalue weighted by atomic mass is 10.0. The molecule has 3 heterocycles. The van der Waals surface area contributed by atoms with Crippen LogP contribution in [0.2, 0.25) is 0 Å². The number of pyridine rings is 1. The van der Waals surface area contributed by atoms with Crippen LogP contribution in [0, 0.1) is 0 Å². The molecule has 26 heavy (non-hydrogen) atoms. The summed E-state index contributed by atoms with van der Waals surface area (Å²) in [6.45, 7) is 3.35. The van der Waals surface area contributed by atoms with Crippen LogP contribution in [-0.4, -0.2) is 65.2 Å². The highest BCUT2D eigenvalue weighted by atomic mass is 32.2. The summed E-state index contributed by atoms with van der Waals surface area (Å²) in [5, 5.41) is 3.02. The summed E-state index contributed by atoms with van der Waals surface area (Å²) >= 11 is 1.88. The molecule has 1 aromatic heterocycles. The molecule has 2 aliphatic rings. The number of likely N-dealkylation sites (tertiary alicyclic amines) is 1. The van der Waals surface area contributed by atoms with Crippen molar-refractivity contribution >= 4 is 23.8 Å². The summed E-state index contributed by atoms with van der Waals surface area (Å²) in [5.74, 6) is 2.54. The smallest absolute Gasteiger partial charge is 0.409 e. The fourth-order valence-electron chi connectivity index (χ4n) is 3.05. The van der Waals surface area contributed by atoms with Gasteiger partial charge in [0.25, 0.3) is 5.91 Å². The second-order valence-corrected chi connectivity index (χ2v) is 7.57. The van der Waals surface area contributed by atoms with E-state index < -0.39 is 0 Å². The average Bonchev–Trinajstić information content (AvgIpc) is 3.16. The van der Waals surface area contributed by atoms with E-state index in [0.717, 1.165) is 30.8 Å². The van der Waals surface area contributed by atoms with E-state index in [1.54, 1.807) is 30.2 Å². The van der Waals surface area contributed by atoms with E-state index in [4.69, 9.17) is 9.47 Å². The first kappa shape index (κ1) is 18.8. The van der Waals surface area contributed by atoms with Crippen LogP contribution in [0.25, 0.3) is 0 Å². The third-order valence-corrected chi connectivity index (χ3v) is 5.66. The van der Waals surface area contributed by atoms with Gasteiger partial charge < -0.3 is 19.7 Å². The van der Waals surface area contributed by atoms with Crippen molar-refractivity contribution < 1.29 is 19.1 Å². The third-order valence-electron chi connectivity index (χ3n) is 4.53. The molecule has 2 amide bonds. The predicted molar refractivity (Wildman–Crippen MR) is 99.7 cm³/mol. The van der Waals surface area contributed by atoms with Crippen molar-refractivity contribution in [2.45, 2.75) is 38.3 Å². The Morgan fingerprint density at radius 3 is 2.73 bits per heavy atom. The zero-order valence-corrected chi connectivity index (χ0v) is 15.8. The maximum atomic E-state index is 12.4. The van der Waals surface area contributed by atoms with Crippen LogP contribution in [-0.2, 0) is 4.74 Å². The van der Waals surface area contributed by atoms with E-state index in [1.165, 1.54) is 0 Å². The number of aromatic nitrogens is 1. The summed E-state index contributed by atoms with van der Waals surface area (Å²) in [7, 11) is 0. The third kappa shape index (κ3) is 5.03. The predicted octanol–water partition coefficient (Wildman–Crippen LogP) is 2.32. The normalized spacial score (nSPS) is 20.7. The Hall–Kier alpha value is -1.96. The Morgan fingerprint density at radius 1 is 1.31 bits per heavy atom. The molecule has 1 atom stereocenters. The van der Waals surface area contributed by atoms with Gasteiger partial charge in [-0.05, 0) is 38.0 Å². The maximum absolute atomic E-state index is 12.4. The molecule has 0 bridgehead atoms. The van der Waals surface area contributed by atoms with Crippen LogP contribution in [0.3, 0.4) is 0 Å². The number of ether oxygens (including phenoxy) is 2. The fraction of sp³-hybridized carbons (Fsp3) is 0.611. The van der Waals surface area contributed by atoms with Gasteiger partial charge in [-0.3, -0.25) is 4.79 Å². The minimum absolute atomic E-state index is 0.0552. The van der Waals surface area contributed by atoms with E-state index in [1.807, 2.05) is 11.8 Å². The molecule has 1 N–H and O–H groups in total. The number of nitrogens with zero attached hydrogens (tertiary/aromatic N) is 2. The van der Waals surface area contributed by atoms with Crippen molar-refractivity contribution in [1.82, 2.24) is 15.2 Å². The molecular formula is C18H25N3O4S. The van der Waals surface area contributed by atoms with Gasteiger partial charge in [-0.2, -0.15) is 11.8 Å². The van der Waals surface area contributed by atoms with Gasteiger partial charge in [0, 0.05) is 37.1 Å². The topological polar surface area (TPSA) is 80.8 Å². The zero-order chi connectivity index (χ0) is 18.4. The molecule has 1 aromatic rings. The molecule has 0 saturated carbocycles. The summed E-state index contributed by atoms with van der Waals surface area (Å²) < 4.78 is 10.8. The van der Waals surface area contributed by atoms with E-state index in [0.29, 0.717) is 31.1 Å². The highest BCUT2D eigenvalue weighted by molar-refractivity contribution is 7.99. The lowest BCUT2D eigenvalue weighted by molar-refractivity contribution is 0.0860. The van der Waals surface area contributed by atoms with E-state index in [9.17, 15) is 9.59 Å². The van der Waals surface area contributed by atoms with Crippen molar-refractivity contribution in [3.8, 4) is 5.88 Å². The Bertz CT molecular complexity index is 611. The molecule has 2 saturated heterocycles. The quantitative estimate of drug-likeness (QED) is 0.846. The van der Waals surface area contributed by atoms with Crippen LogP contribution in [0.15, 0.2) is 18.3 Å². The van der Waals surface area contributed by atoms with Crippen molar-refractivity contribution in [2.24, 2.45) is 0 Å². The molecular weight excluding hydrogens is 354 g/mol. The van der Waals surface area contributed by atoms with Crippen molar-refractivity contribution in [3.63, 3.8) is 0 Å². The number of carbonyl (C=O) groups is 2. The second kappa shape index (κ2) is 9.12. The lowest BCUT2D eigenvalue weighted by Crippen LogP contribution is -2.46. The number of amides is 2. The van der Waals surface area contributed by atoms with Gasteiger partial charge in [-0.25, -0.2) is 9.78 Å². The highest BCUT2D eigenvalue weighted by Crippen LogP contribution is 2.22. The lowest BCUT2D eigenvalue weighted by Gasteiger charge is -2.31. The van der Waals surface area contributed by atoms with Gasteiger partial charge in [-0.15, -0.1) is 0 Å². The minimum atomic E-state index is -0.280. The summed E-state index contributed by atoms with van der Waals surface area (Å²) in [6, 6.07) is 3.55. The Labute approximate surface area is 157 Å².